The molecule has 2 aliphatic heterocycles. The van der Waals surface area contributed by atoms with Crippen LogP contribution >= 0.6 is 0 Å². The van der Waals surface area contributed by atoms with Gasteiger partial charge in [-0.1, -0.05) is 12.1 Å². The zero-order valence-corrected chi connectivity index (χ0v) is 18.4. The molecule has 170 valence electrons. The normalized spacial score (nSPS) is 24.1. The first-order chi connectivity index (χ1) is 16.1. The zero-order valence-electron chi connectivity index (χ0n) is 18.4. The number of esters is 1. The molecular formula is C25H25N3O5. The van der Waals surface area contributed by atoms with Crippen LogP contribution < -0.4 is 20.5 Å². The molecule has 0 aliphatic carbocycles. The van der Waals surface area contributed by atoms with Crippen LogP contribution in [0.3, 0.4) is 0 Å². The predicted octanol–water partition coefficient (Wildman–Crippen LogP) is 3.39. The predicted molar refractivity (Wildman–Crippen MR) is 121 cm³/mol. The van der Waals surface area contributed by atoms with E-state index in [1.807, 2.05) is 36.4 Å². The highest BCUT2D eigenvalue weighted by atomic mass is 16.5. The second kappa shape index (κ2) is 8.73. The molecule has 4 atom stereocenters. The SMILES string of the molecule is CCOC(=O)c1ccc(N2C(=O)C3NNC(c4ccco4)C3C2c2ccc(OC)cc2)cc1. The molecule has 0 spiro atoms. The Morgan fingerprint density at radius 2 is 1.76 bits per heavy atom. The molecule has 1 aromatic heterocycles. The number of hydrazine groups is 1. The fraction of sp³-hybridized carbons (Fsp3) is 0.280. The summed E-state index contributed by atoms with van der Waals surface area (Å²) in [7, 11) is 1.62. The Bertz CT molecular complexity index is 1130. The van der Waals surface area contributed by atoms with Gasteiger partial charge in [-0.15, -0.1) is 0 Å². The molecule has 8 heteroatoms. The van der Waals surface area contributed by atoms with Crippen molar-refractivity contribution >= 4 is 17.6 Å². The summed E-state index contributed by atoms with van der Waals surface area (Å²) in [6, 6.07) is 17.6. The van der Waals surface area contributed by atoms with E-state index in [0.717, 1.165) is 17.1 Å². The highest BCUT2D eigenvalue weighted by Crippen LogP contribution is 2.49. The minimum Gasteiger partial charge on any atom is -0.497 e. The Kier molecular flexibility index (Phi) is 5.62. The number of carbonyl (C=O) groups excluding carboxylic acids is 2. The van der Waals surface area contributed by atoms with Crippen molar-refractivity contribution in [1.82, 2.24) is 10.9 Å². The molecular weight excluding hydrogens is 422 g/mol. The van der Waals surface area contributed by atoms with Crippen molar-refractivity contribution in [2.45, 2.75) is 25.0 Å². The summed E-state index contributed by atoms with van der Waals surface area (Å²) in [5.41, 5.74) is 8.56. The van der Waals surface area contributed by atoms with Gasteiger partial charge >= 0.3 is 5.97 Å². The van der Waals surface area contributed by atoms with E-state index in [1.165, 1.54) is 0 Å². The van der Waals surface area contributed by atoms with Crippen molar-refractivity contribution in [2.24, 2.45) is 5.92 Å². The molecule has 2 aliphatic rings. The Morgan fingerprint density at radius 3 is 2.39 bits per heavy atom. The number of fused-ring (bicyclic) bond motifs is 1. The van der Waals surface area contributed by atoms with Gasteiger partial charge in [-0.3, -0.25) is 4.79 Å². The molecule has 2 saturated heterocycles. The zero-order chi connectivity index (χ0) is 22.9. The minimum absolute atomic E-state index is 0.0498. The van der Waals surface area contributed by atoms with Crippen LogP contribution in [0.2, 0.25) is 0 Å². The lowest BCUT2D eigenvalue weighted by Gasteiger charge is -2.30. The van der Waals surface area contributed by atoms with Crippen molar-refractivity contribution in [3.8, 4) is 5.75 Å². The monoisotopic (exact) mass is 447 g/mol. The number of nitrogens with one attached hydrogen (secondary N) is 2. The number of carbonyl (C=O) groups is 2. The van der Waals surface area contributed by atoms with Gasteiger partial charge in [0, 0.05) is 11.6 Å². The molecule has 0 saturated carbocycles. The summed E-state index contributed by atoms with van der Waals surface area (Å²) in [5.74, 6) is 0.952. The van der Waals surface area contributed by atoms with E-state index < -0.39 is 6.04 Å². The van der Waals surface area contributed by atoms with Gasteiger partial charge in [0.05, 0.1) is 37.6 Å². The summed E-state index contributed by atoms with van der Waals surface area (Å²) in [5, 5.41) is 0. The van der Waals surface area contributed by atoms with E-state index in [9.17, 15) is 9.59 Å². The van der Waals surface area contributed by atoms with Crippen LogP contribution in [0, 0.1) is 5.92 Å². The number of hydrogen-bond acceptors (Lipinski definition) is 7. The van der Waals surface area contributed by atoms with Gasteiger partial charge in [-0.2, -0.15) is 0 Å². The van der Waals surface area contributed by atoms with E-state index in [-0.39, 0.29) is 29.9 Å². The minimum atomic E-state index is -0.433. The fourth-order valence-corrected chi connectivity index (χ4v) is 4.78. The third-order valence-electron chi connectivity index (χ3n) is 6.27. The van der Waals surface area contributed by atoms with Gasteiger partial charge in [-0.05, 0) is 61.0 Å². The molecule has 2 aromatic carbocycles. The molecule has 3 heterocycles. The number of amides is 1. The lowest BCUT2D eigenvalue weighted by atomic mass is 9.85. The van der Waals surface area contributed by atoms with Crippen molar-refractivity contribution in [1.29, 1.82) is 0 Å². The lowest BCUT2D eigenvalue weighted by Crippen LogP contribution is -2.41. The molecule has 0 radical (unpaired) electrons. The van der Waals surface area contributed by atoms with Gasteiger partial charge in [0.15, 0.2) is 0 Å². The number of nitrogens with zero attached hydrogens (tertiary/aromatic N) is 1. The van der Waals surface area contributed by atoms with Crippen LogP contribution in [-0.2, 0) is 9.53 Å². The van der Waals surface area contributed by atoms with Crippen molar-refractivity contribution < 1.29 is 23.5 Å². The smallest absolute Gasteiger partial charge is 0.338 e. The van der Waals surface area contributed by atoms with E-state index in [4.69, 9.17) is 13.9 Å². The Balaban J connectivity index is 1.55. The second-order valence-electron chi connectivity index (χ2n) is 8.03. The average molecular weight is 447 g/mol. The topological polar surface area (TPSA) is 93.0 Å². The van der Waals surface area contributed by atoms with E-state index in [1.54, 1.807) is 49.5 Å². The summed E-state index contributed by atoms with van der Waals surface area (Å²) < 4.78 is 16.1. The standard InChI is InChI=1S/C25H25N3O5/c1-3-32-25(30)16-6-10-17(11-7-16)28-23(15-8-12-18(31-2)13-9-15)20-21(19-5-4-14-33-19)26-27-22(20)24(28)29/h4-14,20-23,26-27H,3H2,1-2H3. The molecule has 2 fully saturated rings. The van der Waals surface area contributed by atoms with Gasteiger partial charge in [-0.25, -0.2) is 15.6 Å². The summed E-state index contributed by atoms with van der Waals surface area (Å²) in [4.78, 5) is 27.5. The van der Waals surface area contributed by atoms with Gasteiger partial charge in [0.2, 0.25) is 5.91 Å². The Morgan fingerprint density at radius 1 is 1.03 bits per heavy atom. The van der Waals surface area contributed by atoms with Crippen LogP contribution in [0.1, 0.15) is 40.7 Å². The molecule has 8 nitrogen and oxygen atoms in total. The molecule has 5 rings (SSSR count). The fourth-order valence-electron chi connectivity index (χ4n) is 4.78. The Labute approximate surface area is 191 Å². The highest BCUT2D eigenvalue weighted by molar-refractivity contribution is 6.02. The van der Waals surface area contributed by atoms with E-state index in [2.05, 4.69) is 10.9 Å². The summed E-state index contributed by atoms with van der Waals surface area (Å²) in [6.07, 6.45) is 1.63. The molecule has 1 amide bonds. The van der Waals surface area contributed by atoms with E-state index >= 15 is 0 Å². The summed E-state index contributed by atoms with van der Waals surface area (Å²) in [6.45, 7) is 2.07. The quantitative estimate of drug-likeness (QED) is 0.560. The maximum atomic E-state index is 13.6. The first-order valence-electron chi connectivity index (χ1n) is 10.9. The largest absolute Gasteiger partial charge is 0.497 e. The number of furan rings is 1. The van der Waals surface area contributed by atoms with Gasteiger partial charge in [0.25, 0.3) is 0 Å². The lowest BCUT2D eigenvalue weighted by molar-refractivity contribution is -0.119. The maximum Gasteiger partial charge on any atom is 0.338 e. The maximum absolute atomic E-state index is 13.6. The molecule has 33 heavy (non-hydrogen) atoms. The summed E-state index contributed by atoms with van der Waals surface area (Å²) >= 11 is 0. The molecule has 3 aromatic rings. The third kappa shape index (κ3) is 3.67. The second-order valence-corrected chi connectivity index (χ2v) is 8.03. The number of rotatable bonds is 6. The molecule has 0 bridgehead atoms. The van der Waals surface area contributed by atoms with Crippen LogP contribution in [0.25, 0.3) is 0 Å². The number of methoxy groups -OCH3 is 1. The first kappa shape index (κ1) is 21.2. The van der Waals surface area contributed by atoms with Crippen LogP contribution in [-0.4, -0.2) is 31.6 Å². The van der Waals surface area contributed by atoms with Crippen molar-refractivity contribution in [2.75, 3.05) is 18.6 Å². The van der Waals surface area contributed by atoms with Gasteiger partial charge in [0.1, 0.15) is 17.6 Å². The first-order valence-corrected chi connectivity index (χ1v) is 10.9. The Hall–Kier alpha value is -3.62. The molecule has 2 N–H and O–H groups in total. The van der Waals surface area contributed by atoms with Crippen molar-refractivity contribution in [3.63, 3.8) is 0 Å². The van der Waals surface area contributed by atoms with Crippen LogP contribution in [0.5, 0.6) is 5.75 Å². The van der Waals surface area contributed by atoms with E-state index in [0.29, 0.717) is 17.9 Å². The average Bonchev–Trinajstić information content (AvgIpc) is 3.57. The number of ether oxygens (including phenoxy) is 2. The van der Waals surface area contributed by atoms with Crippen molar-refractivity contribution in [3.05, 3.63) is 83.8 Å². The van der Waals surface area contributed by atoms with Crippen LogP contribution in [0.15, 0.2) is 71.3 Å². The highest BCUT2D eigenvalue weighted by Gasteiger charge is 2.56. The number of hydrogen-bond donors (Lipinski definition) is 2. The number of benzene rings is 2. The van der Waals surface area contributed by atoms with Gasteiger partial charge < -0.3 is 18.8 Å². The number of anilines is 1. The molecule has 4 unspecified atom stereocenters. The third-order valence-corrected chi connectivity index (χ3v) is 6.27. The van der Waals surface area contributed by atoms with Crippen LogP contribution in [0.4, 0.5) is 5.69 Å².